The van der Waals surface area contributed by atoms with Crippen LogP contribution in [0.5, 0.6) is 0 Å². The SMILES string of the molecule is COP(=O)(CN(CC(=O)NCCN)CP(=O)(OC)OC)OC. The Morgan fingerprint density at radius 1 is 1.00 bits per heavy atom. The summed E-state index contributed by atoms with van der Waals surface area (Å²) in [6, 6.07) is 0. The molecule has 0 saturated carbocycles. The molecule has 12 heteroatoms. The number of nitrogens with two attached hydrogens (primary N) is 1. The summed E-state index contributed by atoms with van der Waals surface area (Å²) in [6.07, 6.45) is -0.487. The number of hydrogen-bond acceptors (Lipinski definition) is 9. The van der Waals surface area contributed by atoms with Crippen molar-refractivity contribution in [2.75, 3.05) is 60.6 Å². The van der Waals surface area contributed by atoms with Crippen LogP contribution >= 0.6 is 15.2 Å². The van der Waals surface area contributed by atoms with E-state index < -0.39 is 15.2 Å². The van der Waals surface area contributed by atoms with Crippen LogP contribution in [0.3, 0.4) is 0 Å². The zero-order chi connectivity index (χ0) is 17.2. The molecule has 0 heterocycles. The fraction of sp³-hybridized carbons (Fsp3) is 0.900. The normalized spacial score (nSPS) is 12.6. The quantitative estimate of drug-likeness (QED) is 0.470. The summed E-state index contributed by atoms with van der Waals surface area (Å²) in [5.41, 5.74) is 5.30. The first-order valence-electron chi connectivity index (χ1n) is 6.38. The van der Waals surface area contributed by atoms with Crippen molar-refractivity contribution in [2.24, 2.45) is 5.73 Å². The third-order valence-corrected chi connectivity index (χ3v) is 6.41. The molecule has 0 fully saturated rings. The van der Waals surface area contributed by atoms with Crippen LogP contribution in [-0.4, -0.2) is 71.5 Å². The highest BCUT2D eigenvalue weighted by Gasteiger charge is 2.32. The summed E-state index contributed by atoms with van der Waals surface area (Å²) >= 11 is 0. The third-order valence-electron chi connectivity index (χ3n) is 2.69. The Labute approximate surface area is 130 Å². The predicted molar refractivity (Wildman–Crippen MR) is 81.8 cm³/mol. The van der Waals surface area contributed by atoms with Crippen molar-refractivity contribution in [3.8, 4) is 0 Å². The van der Waals surface area contributed by atoms with E-state index in [1.54, 1.807) is 0 Å². The molecule has 22 heavy (non-hydrogen) atoms. The van der Waals surface area contributed by atoms with Gasteiger partial charge < -0.3 is 29.1 Å². The molecule has 0 rings (SSSR count). The van der Waals surface area contributed by atoms with E-state index in [2.05, 4.69) is 5.32 Å². The lowest BCUT2D eigenvalue weighted by Gasteiger charge is -2.27. The average Bonchev–Trinajstić information content (AvgIpc) is 2.52. The Bertz CT molecular complexity index is 391. The van der Waals surface area contributed by atoms with Gasteiger partial charge in [0.15, 0.2) is 0 Å². The minimum absolute atomic E-state index is 0.187. The van der Waals surface area contributed by atoms with E-state index in [4.69, 9.17) is 23.8 Å². The molecule has 0 unspecified atom stereocenters. The smallest absolute Gasteiger partial charge is 0.344 e. The van der Waals surface area contributed by atoms with Gasteiger partial charge in [-0.1, -0.05) is 0 Å². The van der Waals surface area contributed by atoms with Gasteiger partial charge in [-0.2, -0.15) is 0 Å². The summed E-state index contributed by atoms with van der Waals surface area (Å²) in [4.78, 5) is 13.1. The van der Waals surface area contributed by atoms with E-state index in [-0.39, 0.29) is 31.6 Å². The van der Waals surface area contributed by atoms with E-state index in [0.717, 1.165) is 0 Å². The molecule has 0 aliphatic rings. The highest BCUT2D eigenvalue weighted by atomic mass is 31.2. The van der Waals surface area contributed by atoms with Crippen LogP contribution in [0, 0.1) is 0 Å². The van der Waals surface area contributed by atoms with Crippen LogP contribution in [0.25, 0.3) is 0 Å². The first-order valence-corrected chi connectivity index (χ1v) is 9.83. The standard InChI is InChI=1S/C10H25N3O7P2/c1-17-21(15,18-2)8-13(7-10(14)12-6-5-11)9-22(16,19-3)20-4/h5-9,11H2,1-4H3,(H,12,14). The molecule has 0 aliphatic heterocycles. The van der Waals surface area contributed by atoms with Crippen LogP contribution < -0.4 is 11.1 Å². The van der Waals surface area contributed by atoms with Crippen molar-refractivity contribution in [3.05, 3.63) is 0 Å². The molecule has 0 aromatic carbocycles. The summed E-state index contributed by atoms with van der Waals surface area (Å²) in [7, 11) is -1.97. The van der Waals surface area contributed by atoms with Gasteiger partial charge in [-0.3, -0.25) is 18.8 Å². The summed E-state index contributed by atoms with van der Waals surface area (Å²) in [5, 5.41) is 2.56. The van der Waals surface area contributed by atoms with Crippen LogP contribution in [0.15, 0.2) is 0 Å². The Morgan fingerprint density at radius 2 is 1.41 bits per heavy atom. The number of hydrogen-bond donors (Lipinski definition) is 2. The van der Waals surface area contributed by atoms with Gasteiger partial charge in [-0.05, 0) is 0 Å². The van der Waals surface area contributed by atoms with Gasteiger partial charge in [-0.25, -0.2) is 0 Å². The largest absolute Gasteiger partial charge is 0.354 e. The van der Waals surface area contributed by atoms with Crippen molar-refractivity contribution in [1.82, 2.24) is 10.2 Å². The van der Waals surface area contributed by atoms with E-state index >= 15 is 0 Å². The lowest BCUT2D eigenvalue weighted by Crippen LogP contribution is -2.40. The maximum Gasteiger partial charge on any atom is 0.344 e. The van der Waals surface area contributed by atoms with Crippen molar-refractivity contribution >= 4 is 21.1 Å². The molecule has 0 atom stereocenters. The highest BCUT2D eigenvalue weighted by molar-refractivity contribution is 7.54. The maximum absolute atomic E-state index is 12.2. The van der Waals surface area contributed by atoms with Crippen LogP contribution in [0.1, 0.15) is 0 Å². The molecular formula is C10H25N3O7P2. The molecular weight excluding hydrogens is 336 g/mol. The molecule has 1 amide bonds. The van der Waals surface area contributed by atoms with Gasteiger partial charge in [0.05, 0.1) is 6.54 Å². The maximum atomic E-state index is 12.2. The van der Waals surface area contributed by atoms with Crippen molar-refractivity contribution in [3.63, 3.8) is 0 Å². The first kappa shape index (κ1) is 21.7. The lowest BCUT2D eigenvalue weighted by molar-refractivity contribution is -0.121. The number of rotatable bonds is 12. The number of nitrogens with one attached hydrogen (secondary N) is 1. The highest BCUT2D eigenvalue weighted by Crippen LogP contribution is 2.51. The molecule has 0 spiro atoms. The van der Waals surface area contributed by atoms with Gasteiger partial charge in [0.1, 0.15) is 12.6 Å². The monoisotopic (exact) mass is 361 g/mol. The van der Waals surface area contributed by atoms with Crippen LogP contribution in [0.2, 0.25) is 0 Å². The summed E-state index contributed by atoms with van der Waals surface area (Å²) in [6.45, 7) is 0.396. The number of nitrogens with zero attached hydrogens (tertiary/aromatic N) is 1. The van der Waals surface area contributed by atoms with Gasteiger partial charge in [-0.15, -0.1) is 0 Å². The fourth-order valence-electron chi connectivity index (χ4n) is 1.49. The van der Waals surface area contributed by atoms with Gasteiger partial charge >= 0.3 is 15.2 Å². The zero-order valence-corrected chi connectivity index (χ0v) is 15.1. The summed E-state index contributed by atoms with van der Waals surface area (Å²) < 4.78 is 43.7. The van der Waals surface area contributed by atoms with Crippen molar-refractivity contribution in [2.45, 2.75) is 0 Å². The van der Waals surface area contributed by atoms with Gasteiger partial charge in [0.2, 0.25) is 5.91 Å². The third kappa shape index (κ3) is 7.80. The minimum atomic E-state index is -3.44. The summed E-state index contributed by atoms with van der Waals surface area (Å²) in [5.74, 6) is -0.372. The second-order valence-corrected chi connectivity index (χ2v) is 8.67. The van der Waals surface area contributed by atoms with E-state index in [1.807, 2.05) is 0 Å². The molecule has 0 aromatic heterocycles. The minimum Gasteiger partial charge on any atom is -0.354 e. The molecule has 10 nitrogen and oxygen atoms in total. The van der Waals surface area contributed by atoms with E-state index in [0.29, 0.717) is 6.54 Å². The van der Waals surface area contributed by atoms with Crippen molar-refractivity contribution < 1.29 is 32.0 Å². The van der Waals surface area contributed by atoms with E-state index in [9.17, 15) is 13.9 Å². The topological polar surface area (TPSA) is 129 Å². The predicted octanol–water partition coefficient (Wildman–Crippen LogP) is 0.250. The zero-order valence-electron chi connectivity index (χ0n) is 13.3. The average molecular weight is 361 g/mol. The molecule has 0 aromatic rings. The molecule has 132 valence electrons. The number of amides is 1. The van der Waals surface area contributed by atoms with Crippen molar-refractivity contribution in [1.29, 1.82) is 0 Å². The lowest BCUT2D eigenvalue weighted by atomic mass is 10.5. The molecule has 0 radical (unpaired) electrons. The Kier molecular flexibility index (Phi) is 10.3. The number of carbonyl (C=O) groups excluding carboxylic acids is 1. The van der Waals surface area contributed by atoms with Gasteiger partial charge in [0.25, 0.3) is 0 Å². The second kappa shape index (κ2) is 10.5. The molecule has 3 N–H and O–H groups in total. The Balaban J connectivity index is 5.02. The fourth-order valence-corrected chi connectivity index (χ4v) is 3.78. The molecule has 0 aliphatic carbocycles. The van der Waals surface area contributed by atoms with Crippen LogP contribution in [-0.2, 0) is 32.0 Å². The second-order valence-electron chi connectivity index (χ2n) is 4.20. The first-order chi connectivity index (χ1) is 10.3. The van der Waals surface area contributed by atoms with Crippen LogP contribution in [0.4, 0.5) is 0 Å². The molecule has 0 bridgehead atoms. The Hall–Kier alpha value is -0.310. The Morgan fingerprint density at radius 3 is 1.73 bits per heavy atom. The van der Waals surface area contributed by atoms with Gasteiger partial charge in [0, 0.05) is 41.5 Å². The van der Waals surface area contributed by atoms with E-state index in [1.165, 1.54) is 33.3 Å². The number of carbonyl (C=O) groups is 1. The molecule has 0 saturated heterocycles.